The summed E-state index contributed by atoms with van der Waals surface area (Å²) in [5, 5.41) is 10.5. The molecule has 2 aromatic rings. The summed E-state index contributed by atoms with van der Waals surface area (Å²) in [6, 6.07) is 7.59. The summed E-state index contributed by atoms with van der Waals surface area (Å²) in [5.74, 6) is 0.158. The van der Waals surface area contributed by atoms with E-state index in [0.29, 0.717) is 37.5 Å². The zero-order valence-corrected chi connectivity index (χ0v) is 12.9. The van der Waals surface area contributed by atoms with E-state index in [1.54, 1.807) is 4.90 Å². The fourth-order valence-corrected chi connectivity index (χ4v) is 2.73. The Morgan fingerprint density at radius 3 is 2.91 bits per heavy atom. The number of carbonyl (C=O) groups excluding carboxylic acids is 1. The fraction of sp³-hybridized carbons (Fsp3) is 0.471. The van der Waals surface area contributed by atoms with Gasteiger partial charge in [-0.3, -0.25) is 4.79 Å². The molecule has 2 heterocycles. The van der Waals surface area contributed by atoms with Crippen LogP contribution in [-0.4, -0.2) is 41.2 Å². The molecular weight excluding hydrogens is 282 g/mol. The highest BCUT2D eigenvalue weighted by Crippen LogP contribution is 2.28. The molecule has 1 saturated heterocycles. The normalized spacial score (nSPS) is 18.5. The molecule has 0 spiro atoms. The van der Waals surface area contributed by atoms with E-state index in [9.17, 15) is 9.90 Å². The van der Waals surface area contributed by atoms with Gasteiger partial charge < -0.3 is 19.2 Å². The van der Waals surface area contributed by atoms with Crippen molar-refractivity contribution in [2.75, 3.05) is 13.1 Å². The van der Waals surface area contributed by atoms with Crippen molar-refractivity contribution >= 4 is 16.9 Å². The first-order valence-electron chi connectivity index (χ1n) is 7.65. The van der Waals surface area contributed by atoms with Crippen LogP contribution in [-0.2, 0) is 11.3 Å². The average Bonchev–Trinajstić information content (AvgIpc) is 3.08. The zero-order chi connectivity index (χ0) is 15.7. The Balaban J connectivity index is 1.96. The number of hydrogen-bond acceptors (Lipinski definition) is 4. The summed E-state index contributed by atoms with van der Waals surface area (Å²) in [7, 11) is 0. The molecule has 1 aromatic heterocycles. The highest BCUT2D eigenvalue weighted by Gasteiger charge is 2.30. The lowest BCUT2D eigenvalue weighted by atomic mass is 10.1. The Kier molecular flexibility index (Phi) is 4.18. The Labute approximate surface area is 129 Å². The molecule has 1 atom stereocenters. The number of ether oxygens (including phenoxy) is 1. The summed E-state index contributed by atoms with van der Waals surface area (Å²) in [6.07, 6.45) is 0.248. The average molecular weight is 303 g/mol. The van der Waals surface area contributed by atoms with Crippen LogP contribution in [0.25, 0.3) is 11.0 Å². The number of likely N-dealkylation sites (tertiary alicyclic amines) is 1. The van der Waals surface area contributed by atoms with Gasteiger partial charge in [0.1, 0.15) is 5.58 Å². The van der Waals surface area contributed by atoms with Crippen LogP contribution in [0.4, 0.5) is 0 Å². The third-order valence-corrected chi connectivity index (χ3v) is 3.90. The van der Waals surface area contributed by atoms with Gasteiger partial charge in [0.05, 0.1) is 18.8 Å². The number of para-hydroxylation sites is 1. The molecule has 1 amide bonds. The van der Waals surface area contributed by atoms with Gasteiger partial charge in [-0.05, 0) is 26.3 Å². The van der Waals surface area contributed by atoms with Crippen LogP contribution < -0.4 is 0 Å². The second kappa shape index (κ2) is 6.10. The van der Waals surface area contributed by atoms with Gasteiger partial charge in [0, 0.05) is 24.0 Å². The minimum absolute atomic E-state index is 0.0743. The molecule has 22 heavy (non-hydrogen) atoms. The molecule has 0 aliphatic carbocycles. The van der Waals surface area contributed by atoms with Crippen molar-refractivity contribution in [3.8, 4) is 0 Å². The van der Waals surface area contributed by atoms with Gasteiger partial charge in [-0.15, -0.1) is 0 Å². The van der Waals surface area contributed by atoms with Gasteiger partial charge >= 0.3 is 0 Å². The number of amides is 1. The molecule has 0 saturated carbocycles. The van der Waals surface area contributed by atoms with Crippen LogP contribution in [0.15, 0.2) is 28.7 Å². The lowest BCUT2D eigenvalue weighted by Gasteiger charge is -2.15. The first kappa shape index (κ1) is 15.1. The monoisotopic (exact) mass is 303 g/mol. The third kappa shape index (κ3) is 2.87. The van der Waals surface area contributed by atoms with Crippen molar-refractivity contribution in [3.05, 3.63) is 35.6 Å². The second-order valence-electron chi connectivity index (χ2n) is 5.96. The highest BCUT2D eigenvalue weighted by atomic mass is 16.5. The summed E-state index contributed by atoms with van der Waals surface area (Å²) in [4.78, 5) is 14.3. The van der Waals surface area contributed by atoms with Crippen molar-refractivity contribution < 1.29 is 19.1 Å². The number of benzene rings is 1. The van der Waals surface area contributed by atoms with Gasteiger partial charge in [0.25, 0.3) is 5.91 Å². The summed E-state index contributed by atoms with van der Waals surface area (Å²) in [5.41, 5.74) is 1.48. The maximum absolute atomic E-state index is 12.7. The Hall–Kier alpha value is -1.85. The van der Waals surface area contributed by atoms with E-state index in [1.165, 1.54) is 0 Å². The number of aliphatic hydroxyl groups is 1. The third-order valence-electron chi connectivity index (χ3n) is 3.90. The fourth-order valence-electron chi connectivity index (χ4n) is 2.73. The van der Waals surface area contributed by atoms with Crippen LogP contribution in [0.2, 0.25) is 0 Å². The summed E-state index contributed by atoms with van der Waals surface area (Å²) in [6.45, 7) is 5.18. The second-order valence-corrected chi connectivity index (χ2v) is 5.96. The van der Waals surface area contributed by atoms with Gasteiger partial charge in [0.2, 0.25) is 0 Å². The zero-order valence-electron chi connectivity index (χ0n) is 12.9. The molecule has 0 unspecified atom stereocenters. The first-order valence-corrected chi connectivity index (χ1v) is 7.65. The number of rotatable bonds is 4. The summed E-state index contributed by atoms with van der Waals surface area (Å²) < 4.78 is 11.5. The van der Waals surface area contributed by atoms with Crippen molar-refractivity contribution in [1.82, 2.24) is 4.90 Å². The quantitative estimate of drug-likeness (QED) is 0.943. The van der Waals surface area contributed by atoms with Gasteiger partial charge in [-0.1, -0.05) is 18.2 Å². The maximum Gasteiger partial charge on any atom is 0.290 e. The van der Waals surface area contributed by atoms with Crippen LogP contribution in [0.5, 0.6) is 0 Å². The standard InChI is InChI=1S/C17H21NO4/c1-11(2)21-10-14-13-5-3-4-6-15(13)22-16(14)17(20)18-8-7-12(19)9-18/h3-6,11-12,19H,7-10H2,1-2H3/t12-/m1/s1. The first-order chi connectivity index (χ1) is 10.6. The minimum atomic E-state index is -0.441. The van der Waals surface area contributed by atoms with Crippen LogP contribution in [0, 0.1) is 0 Å². The minimum Gasteiger partial charge on any atom is -0.451 e. The maximum atomic E-state index is 12.7. The summed E-state index contributed by atoms with van der Waals surface area (Å²) >= 11 is 0. The Morgan fingerprint density at radius 1 is 1.45 bits per heavy atom. The molecule has 0 radical (unpaired) electrons. The molecule has 5 heteroatoms. The van der Waals surface area contributed by atoms with Crippen LogP contribution in [0.1, 0.15) is 36.4 Å². The lowest BCUT2D eigenvalue weighted by molar-refractivity contribution is 0.0615. The van der Waals surface area contributed by atoms with E-state index < -0.39 is 6.10 Å². The van der Waals surface area contributed by atoms with Crippen molar-refractivity contribution in [2.45, 2.75) is 39.1 Å². The molecule has 1 N–H and O–H groups in total. The topological polar surface area (TPSA) is 62.9 Å². The molecule has 1 aromatic carbocycles. The largest absolute Gasteiger partial charge is 0.451 e. The van der Waals surface area contributed by atoms with E-state index >= 15 is 0 Å². The number of aliphatic hydroxyl groups excluding tert-OH is 1. The molecular formula is C17H21NO4. The van der Waals surface area contributed by atoms with Crippen molar-refractivity contribution in [3.63, 3.8) is 0 Å². The molecule has 3 rings (SSSR count). The van der Waals surface area contributed by atoms with Crippen LogP contribution >= 0.6 is 0 Å². The predicted molar refractivity (Wildman–Crippen MR) is 82.7 cm³/mol. The number of carbonyl (C=O) groups is 1. The Morgan fingerprint density at radius 2 is 2.23 bits per heavy atom. The highest BCUT2D eigenvalue weighted by molar-refractivity contribution is 5.99. The van der Waals surface area contributed by atoms with E-state index in [1.807, 2.05) is 38.1 Å². The van der Waals surface area contributed by atoms with Gasteiger partial charge in [-0.2, -0.15) is 0 Å². The van der Waals surface area contributed by atoms with Crippen LogP contribution in [0.3, 0.4) is 0 Å². The predicted octanol–water partition coefficient (Wildman–Crippen LogP) is 2.56. The molecule has 5 nitrogen and oxygen atoms in total. The van der Waals surface area contributed by atoms with Crippen molar-refractivity contribution in [1.29, 1.82) is 0 Å². The van der Waals surface area contributed by atoms with Crippen molar-refractivity contribution in [2.24, 2.45) is 0 Å². The smallest absolute Gasteiger partial charge is 0.290 e. The number of nitrogens with zero attached hydrogens (tertiary/aromatic N) is 1. The Bertz CT molecular complexity index is 676. The van der Waals surface area contributed by atoms with E-state index in [0.717, 1.165) is 10.9 Å². The molecule has 1 fully saturated rings. The molecule has 0 bridgehead atoms. The number of hydrogen-bond donors (Lipinski definition) is 1. The van der Waals surface area contributed by atoms with E-state index in [-0.39, 0.29) is 12.0 Å². The van der Waals surface area contributed by atoms with Gasteiger partial charge in [-0.25, -0.2) is 0 Å². The number of furan rings is 1. The number of β-amino-alcohol motifs (C(OH)–C–C–N with tert-alkyl or cyclic N) is 1. The molecule has 1 aliphatic heterocycles. The van der Waals surface area contributed by atoms with E-state index in [4.69, 9.17) is 9.15 Å². The number of fused-ring (bicyclic) bond motifs is 1. The molecule has 118 valence electrons. The lowest BCUT2D eigenvalue weighted by Crippen LogP contribution is -2.30. The van der Waals surface area contributed by atoms with E-state index in [2.05, 4.69) is 0 Å². The molecule has 1 aliphatic rings. The van der Waals surface area contributed by atoms with Gasteiger partial charge in [0.15, 0.2) is 5.76 Å². The SMILES string of the molecule is CC(C)OCc1c(C(=O)N2CC[C@@H](O)C2)oc2ccccc12.